The zero-order valence-electron chi connectivity index (χ0n) is 16.3. The molecule has 1 saturated heterocycles. The number of halogens is 3. The van der Waals surface area contributed by atoms with Gasteiger partial charge in [0.15, 0.2) is 9.84 Å². The van der Waals surface area contributed by atoms with Gasteiger partial charge in [-0.15, -0.1) is 13.2 Å². The Morgan fingerprint density at radius 1 is 1.09 bits per heavy atom. The summed E-state index contributed by atoms with van der Waals surface area (Å²) in [7, 11) is -3.94. The Balaban J connectivity index is 1.68. The number of ether oxygens (including phenoxy) is 4. The summed E-state index contributed by atoms with van der Waals surface area (Å²) in [6, 6.07) is 8.73. The number of hydrogen-bond acceptors (Lipinski definition) is 8. The molecule has 32 heavy (non-hydrogen) atoms. The molecule has 2 aromatic rings. The zero-order valence-corrected chi connectivity index (χ0v) is 17.1. The monoisotopic (exact) mass is 477 g/mol. The van der Waals surface area contributed by atoms with E-state index in [9.17, 15) is 31.6 Å². The normalized spacial score (nSPS) is 17.6. The van der Waals surface area contributed by atoms with Gasteiger partial charge in [-0.3, -0.25) is 10.0 Å². The van der Waals surface area contributed by atoms with E-state index in [2.05, 4.69) is 4.74 Å². The number of carbonyl (C=O) groups excluding carboxylic acids is 1. The van der Waals surface area contributed by atoms with E-state index in [0.29, 0.717) is 0 Å². The molecule has 0 bridgehead atoms. The maximum absolute atomic E-state index is 12.7. The predicted molar refractivity (Wildman–Crippen MR) is 101 cm³/mol. The molecule has 1 amide bonds. The first-order valence-electron chi connectivity index (χ1n) is 9.06. The Bertz CT molecular complexity index is 1010. The highest BCUT2D eigenvalue weighted by Gasteiger charge is 2.35. The minimum absolute atomic E-state index is 0.0185. The van der Waals surface area contributed by atoms with Gasteiger partial charge in [0.05, 0.1) is 17.3 Å². The Morgan fingerprint density at radius 2 is 1.66 bits per heavy atom. The minimum atomic E-state index is -4.81. The van der Waals surface area contributed by atoms with Crippen molar-refractivity contribution in [3.63, 3.8) is 0 Å². The highest BCUT2D eigenvalue weighted by Crippen LogP contribution is 2.28. The largest absolute Gasteiger partial charge is 0.573 e. The van der Waals surface area contributed by atoms with Crippen molar-refractivity contribution >= 4 is 16.2 Å². The van der Waals surface area contributed by atoms with Gasteiger partial charge in [-0.25, -0.2) is 13.5 Å². The van der Waals surface area contributed by atoms with Gasteiger partial charge < -0.3 is 18.9 Å². The van der Waals surface area contributed by atoms with Crippen molar-refractivity contribution in [3.8, 4) is 17.2 Å². The van der Waals surface area contributed by atoms with Crippen LogP contribution in [0.15, 0.2) is 53.4 Å². The van der Waals surface area contributed by atoms with E-state index in [1.165, 1.54) is 36.4 Å². The van der Waals surface area contributed by atoms with Crippen molar-refractivity contribution < 1.29 is 50.5 Å². The lowest BCUT2D eigenvalue weighted by Gasteiger charge is -2.26. The molecular formula is C19H18F3NO8S. The number of benzene rings is 2. The highest BCUT2D eigenvalue weighted by molar-refractivity contribution is 7.91. The van der Waals surface area contributed by atoms with Crippen LogP contribution in [0.25, 0.3) is 0 Å². The van der Waals surface area contributed by atoms with Crippen molar-refractivity contribution in [1.82, 2.24) is 5.06 Å². The third-order valence-corrected chi connectivity index (χ3v) is 6.16. The first kappa shape index (κ1) is 23.8. The van der Waals surface area contributed by atoms with Gasteiger partial charge in [0.2, 0.25) is 6.41 Å². The molecule has 2 aromatic carbocycles. The summed E-state index contributed by atoms with van der Waals surface area (Å²) in [5.41, 5.74) is 0. The van der Waals surface area contributed by atoms with E-state index in [4.69, 9.17) is 14.2 Å². The number of rotatable bonds is 9. The number of alkyl halides is 3. The summed E-state index contributed by atoms with van der Waals surface area (Å²) >= 11 is 0. The maximum Gasteiger partial charge on any atom is 0.573 e. The molecule has 3 rings (SSSR count). The summed E-state index contributed by atoms with van der Waals surface area (Å²) in [6.07, 6.45) is -5.53. The van der Waals surface area contributed by atoms with Crippen LogP contribution in [0, 0.1) is 0 Å². The Hall–Kier alpha value is -2.87. The van der Waals surface area contributed by atoms with Crippen LogP contribution in [-0.2, 0) is 24.1 Å². The topological polar surface area (TPSA) is 112 Å². The molecule has 2 unspecified atom stereocenters. The van der Waals surface area contributed by atoms with E-state index in [0.717, 1.165) is 12.1 Å². The summed E-state index contributed by atoms with van der Waals surface area (Å²) in [6.45, 7) is -0.0616. The lowest BCUT2D eigenvalue weighted by molar-refractivity contribution is -0.274. The highest BCUT2D eigenvalue weighted by atomic mass is 32.2. The summed E-state index contributed by atoms with van der Waals surface area (Å²) in [4.78, 5) is 10.8. The second-order valence-corrected chi connectivity index (χ2v) is 8.65. The lowest BCUT2D eigenvalue weighted by atomic mass is 10.2. The van der Waals surface area contributed by atoms with Gasteiger partial charge in [-0.1, -0.05) is 0 Å². The quantitative estimate of drug-likeness (QED) is 0.334. The molecule has 1 fully saturated rings. The van der Waals surface area contributed by atoms with Crippen molar-refractivity contribution in [2.45, 2.75) is 23.4 Å². The van der Waals surface area contributed by atoms with Gasteiger partial charge in [-0.05, 0) is 48.5 Å². The fourth-order valence-electron chi connectivity index (χ4n) is 2.88. The number of hydroxylamine groups is 2. The van der Waals surface area contributed by atoms with Crippen molar-refractivity contribution in [1.29, 1.82) is 0 Å². The molecule has 1 heterocycles. The molecule has 0 aliphatic carbocycles. The maximum atomic E-state index is 12.7. The first-order chi connectivity index (χ1) is 15.1. The van der Waals surface area contributed by atoms with Crippen molar-refractivity contribution in [2.24, 2.45) is 0 Å². The third kappa shape index (κ3) is 6.32. The van der Waals surface area contributed by atoms with Crippen LogP contribution in [0.2, 0.25) is 0 Å². The first-order valence-corrected chi connectivity index (χ1v) is 10.7. The fraction of sp³-hybridized carbons (Fsp3) is 0.316. The van der Waals surface area contributed by atoms with Crippen molar-refractivity contribution in [3.05, 3.63) is 48.5 Å². The van der Waals surface area contributed by atoms with Crippen LogP contribution < -0.4 is 9.47 Å². The second kappa shape index (κ2) is 9.73. The van der Waals surface area contributed by atoms with Crippen LogP contribution in [0.1, 0.15) is 0 Å². The van der Waals surface area contributed by atoms with Gasteiger partial charge in [0.25, 0.3) is 0 Å². The standard InChI is InChI=1S/C19H18F3NO8S/c20-19(21,22)31-15-3-1-13(2-4-15)30-14-5-7-16(8-6-14)32(26,27)10-17(23(25)11-24)18-9-28-12-29-18/h1-8,11,17-18,25H,9-10,12H2. The molecule has 1 aliphatic heterocycles. The molecule has 0 radical (unpaired) electrons. The van der Waals surface area contributed by atoms with Gasteiger partial charge in [0, 0.05) is 0 Å². The second-order valence-electron chi connectivity index (χ2n) is 6.62. The van der Waals surface area contributed by atoms with E-state index >= 15 is 0 Å². The minimum Gasteiger partial charge on any atom is -0.457 e. The molecule has 1 N–H and O–H groups in total. The molecule has 174 valence electrons. The molecule has 0 saturated carbocycles. The van der Waals surface area contributed by atoms with Crippen LogP contribution in [0.3, 0.4) is 0 Å². The Kier molecular flexibility index (Phi) is 7.23. The number of sulfone groups is 1. The molecule has 2 atom stereocenters. The smallest absolute Gasteiger partial charge is 0.457 e. The molecule has 0 spiro atoms. The number of hydrogen-bond donors (Lipinski definition) is 1. The van der Waals surface area contributed by atoms with E-state index < -0.39 is 39.8 Å². The summed E-state index contributed by atoms with van der Waals surface area (Å²) < 4.78 is 81.6. The SMILES string of the molecule is O=CN(O)C(CS(=O)(=O)c1ccc(Oc2ccc(OC(F)(F)F)cc2)cc1)C1COCO1. The van der Waals surface area contributed by atoms with Crippen molar-refractivity contribution in [2.75, 3.05) is 19.2 Å². The van der Waals surface area contributed by atoms with Crippen LogP contribution in [0.5, 0.6) is 17.2 Å². The Morgan fingerprint density at radius 3 is 2.16 bits per heavy atom. The zero-order chi connectivity index (χ0) is 23.4. The average Bonchev–Trinajstić information content (AvgIpc) is 3.27. The van der Waals surface area contributed by atoms with E-state index in [1.807, 2.05) is 0 Å². The molecule has 1 aliphatic rings. The predicted octanol–water partition coefficient (Wildman–Crippen LogP) is 2.74. The fourth-order valence-corrected chi connectivity index (χ4v) is 4.44. The number of amides is 1. The third-order valence-electron chi connectivity index (χ3n) is 4.39. The Labute approximate surface area is 180 Å². The van der Waals surface area contributed by atoms with Crippen LogP contribution in [-0.4, -0.2) is 62.8 Å². The molecule has 0 aromatic heterocycles. The van der Waals surface area contributed by atoms with E-state index in [1.54, 1.807) is 0 Å². The number of nitrogens with zero attached hydrogens (tertiary/aromatic N) is 1. The summed E-state index contributed by atoms with van der Waals surface area (Å²) in [5, 5.41) is 9.99. The van der Waals surface area contributed by atoms with E-state index in [-0.39, 0.29) is 41.3 Å². The van der Waals surface area contributed by atoms with Crippen LogP contribution in [0.4, 0.5) is 13.2 Å². The van der Waals surface area contributed by atoms with Crippen LogP contribution >= 0.6 is 0 Å². The lowest BCUT2D eigenvalue weighted by Crippen LogP contribution is -2.46. The molecular weight excluding hydrogens is 459 g/mol. The average molecular weight is 477 g/mol. The molecule has 9 nitrogen and oxygen atoms in total. The van der Waals surface area contributed by atoms with Gasteiger partial charge >= 0.3 is 6.36 Å². The van der Waals surface area contributed by atoms with Gasteiger partial charge in [0.1, 0.15) is 36.2 Å². The van der Waals surface area contributed by atoms with Gasteiger partial charge in [-0.2, -0.15) is 0 Å². The molecule has 13 heteroatoms. The summed E-state index contributed by atoms with van der Waals surface area (Å²) in [5.74, 6) is -0.590. The number of carbonyl (C=O) groups is 1.